The van der Waals surface area contributed by atoms with Crippen LogP contribution >= 0.6 is 17.0 Å². The van der Waals surface area contributed by atoms with Gasteiger partial charge in [0.15, 0.2) is 0 Å². The average molecular weight is 854 g/mol. The average Bonchev–Trinajstić information content (AvgIpc) is 3.76. The summed E-state index contributed by atoms with van der Waals surface area (Å²) in [5.74, 6) is 0. The summed E-state index contributed by atoms with van der Waals surface area (Å²) < 4.78 is 0. The van der Waals surface area contributed by atoms with Gasteiger partial charge in [-0.15, -0.1) is 55.9 Å². The van der Waals surface area contributed by atoms with E-state index in [1.165, 1.54) is 127 Å². The Kier molecular flexibility index (Phi) is 18.2. The zero-order valence-corrected chi connectivity index (χ0v) is 40.3. The Hall–Kier alpha value is -2.44. The Morgan fingerprint density at radius 1 is 0.527 bits per heavy atom. The fourth-order valence-electron chi connectivity index (χ4n) is 7.67. The molecule has 0 heterocycles. The molecular formula is C52H67Cl2Zr-3. The van der Waals surface area contributed by atoms with Crippen molar-refractivity contribution in [1.82, 2.24) is 0 Å². The molecule has 0 aliphatic rings. The van der Waals surface area contributed by atoms with E-state index in [0.717, 1.165) is 0 Å². The van der Waals surface area contributed by atoms with E-state index >= 15 is 0 Å². The van der Waals surface area contributed by atoms with Gasteiger partial charge in [0, 0.05) is 0 Å². The van der Waals surface area contributed by atoms with Crippen molar-refractivity contribution in [2.24, 2.45) is 0 Å². The zero-order valence-electron chi connectivity index (χ0n) is 36.3. The molecule has 6 rings (SSSR count). The zero-order chi connectivity index (χ0) is 41.1. The van der Waals surface area contributed by atoms with E-state index in [1.807, 2.05) is 0 Å². The van der Waals surface area contributed by atoms with Gasteiger partial charge in [-0.2, -0.15) is 19.1 Å². The molecule has 6 aromatic carbocycles. The summed E-state index contributed by atoms with van der Waals surface area (Å²) in [6, 6.07) is 32.7. The first kappa shape index (κ1) is 46.9. The molecule has 6 aromatic rings. The molecular weight excluding hydrogens is 787 g/mol. The number of hydrogen-bond donors (Lipinski definition) is 0. The standard InChI is InChI=1S/2C25H31.C2H5.2ClH.Zr/c2*1-7-8-9-19-15-22-17(2)14-18(3)24(23(22)16-19)20-10-12-21(13-11-20)25(4,5)6;1-2;;;/h2*10-16H,7-9H2,1-6H3;1H2,2H3;2*1H;/q3*-1;;;+2/p-2. The molecule has 3 heteroatoms. The molecule has 55 heavy (non-hydrogen) atoms. The third-order valence-electron chi connectivity index (χ3n) is 10.7. The van der Waals surface area contributed by atoms with Crippen molar-refractivity contribution in [3.05, 3.63) is 136 Å². The Morgan fingerprint density at radius 3 is 1.11 bits per heavy atom. The van der Waals surface area contributed by atoms with E-state index in [-0.39, 0.29) is 10.8 Å². The molecule has 0 atom stereocenters. The Bertz CT molecular complexity index is 1920. The van der Waals surface area contributed by atoms with Gasteiger partial charge >= 0.3 is 37.9 Å². The van der Waals surface area contributed by atoms with Crippen LogP contribution in [0.5, 0.6) is 0 Å². The topological polar surface area (TPSA) is 0 Å². The quantitative estimate of drug-likeness (QED) is 0.134. The van der Waals surface area contributed by atoms with Crippen molar-refractivity contribution in [2.45, 2.75) is 139 Å². The second-order valence-corrected chi connectivity index (χ2v) is 20.8. The Labute approximate surface area is 354 Å². The fourth-order valence-corrected chi connectivity index (χ4v) is 7.67. The maximum atomic E-state index is 4.93. The summed E-state index contributed by atoms with van der Waals surface area (Å²) in [5, 5.41) is 5.69. The number of halogens is 2. The second kappa shape index (κ2) is 21.4. The Balaban J connectivity index is 0.000000265. The second-order valence-electron chi connectivity index (χ2n) is 17.1. The van der Waals surface area contributed by atoms with Gasteiger partial charge in [-0.1, -0.05) is 178 Å². The molecule has 0 unspecified atom stereocenters. The van der Waals surface area contributed by atoms with Gasteiger partial charge in [0.2, 0.25) is 0 Å². The Morgan fingerprint density at radius 2 is 0.836 bits per heavy atom. The molecule has 0 aliphatic heterocycles. The van der Waals surface area contributed by atoms with Crippen LogP contribution in [0.15, 0.2) is 84.9 Å². The number of rotatable bonds is 8. The summed E-state index contributed by atoms with van der Waals surface area (Å²) in [5.41, 5.74) is 17.2. The van der Waals surface area contributed by atoms with Gasteiger partial charge in [-0.25, -0.2) is 0 Å². The summed E-state index contributed by atoms with van der Waals surface area (Å²) >= 11 is -0.826. The van der Waals surface area contributed by atoms with Gasteiger partial charge in [0.25, 0.3) is 0 Å². The SMILES string of the molecule is CCCCc1cc2c(-c3ccc(C(C)(C)C)cc3)c(C)cc(C)c2[cH-]1.CCCCc1cc2c(-c3ccc(C(C)(C)C)cc3)c(C)cc(C)c2[cH-]1.[CH2-]C.[Cl][Zr][Cl]. The van der Waals surface area contributed by atoms with E-state index in [1.54, 1.807) is 6.92 Å². The first-order valence-corrected chi connectivity index (χ1v) is 26.6. The van der Waals surface area contributed by atoms with E-state index in [4.69, 9.17) is 17.0 Å². The van der Waals surface area contributed by atoms with Crippen LogP contribution in [-0.2, 0) is 44.5 Å². The van der Waals surface area contributed by atoms with Crippen molar-refractivity contribution >= 4 is 38.6 Å². The molecule has 0 radical (unpaired) electrons. The van der Waals surface area contributed by atoms with Crippen LogP contribution in [0.1, 0.15) is 133 Å². The van der Waals surface area contributed by atoms with Crippen molar-refractivity contribution < 1.29 is 20.8 Å². The maximum absolute atomic E-state index is 4.93. The summed E-state index contributed by atoms with van der Waals surface area (Å²) in [6.45, 7) is 32.1. The van der Waals surface area contributed by atoms with Crippen LogP contribution in [0.3, 0.4) is 0 Å². The predicted molar refractivity (Wildman–Crippen MR) is 246 cm³/mol. The van der Waals surface area contributed by atoms with Crippen LogP contribution in [-0.4, -0.2) is 0 Å². The molecule has 0 aromatic heterocycles. The van der Waals surface area contributed by atoms with Crippen molar-refractivity contribution in [2.75, 3.05) is 0 Å². The van der Waals surface area contributed by atoms with Crippen LogP contribution in [0.4, 0.5) is 0 Å². The van der Waals surface area contributed by atoms with Crippen molar-refractivity contribution in [3.63, 3.8) is 0 Å². The minimum absolute atomic E-state index is 0.198. The molecule has 0 amide bonds. The molecule has 0 fully saturated rings. The number of unbranched alkanes of at least 4 members (excludes halogenated alkanes) is 2. The summed E-state index contributed by atoms with van der Waals surface area (Å²) in [6.07, 6.45) is 7.41. The number of hydrogen-bond acceptors (Lipinski definition) is 0. The normalized spacial score (nSPS) is 11.3. The van der Waals surface area contributed by atoms with Crippen LogP contribution < -0.4 is 0 Å². The first-order chi connectivity index (χ1) is 26.0. The molecule has 296 valence electrons. The van der Waals surface area contributed by atoms with Crippen LogP contribution in [0.2, 0.25) is 0 Å². The monoisotopic (exact) mass is 851 g/mol. The van der Waals surface area contributed by atoms with Gasteiger partial charge in [0.05, 0.1) is 0 Å². The summed E-state index contributed by atoms with van der Waals surface area (Å²) in [7, 11) is 9.87. The van der Waals surface area contributed by atoms with Crippen LogP contribution in [0.25, 0.3) is 43.8 Å². The van der Waals surface area contributed by atoms with E-state index < -0.39 is 20.8 Å². The van der Waals surface area contributed by atoms with Gasteiger partial charge in [-0.05, 0) is 59.8 Å². The van der Waals surface area contributed by atoms with E-state index in [0.29, 0.717) is 0 Å². The van der Waals surface area contributed by atoms with E-state index in [2.05, 4.69) is 175 Å². The molecule has 0 aliphatic carbocycles. The number of benzene rings is 4. The molecule has 0 saturated heterocycles. The molecule has 0 N–H and O–H groups in total. The minimum atomic E-state index is -0.826. The van der Waals surface area contributed by atoms with Gasteiger partial charge in [0.1, 0.15) is 0 Å². The third kappa shape index (κ3) is 12.3. The van der Waals surface area contributed by atoms with Crippen LogP contribution in [0, 0.1) is 34.6 Å². The molecule has 0 saturated carbocycles. The first-order valence-electron chi connectivity index (χ1n) is 20.3. The van der Waals surface area contributed by atoms with Gasteiger partial charge in [-0.3, -0.25) is 0 Å². The van der Waals surface area contributed by atoms with Crippen molar-refractivity contribution in [3.8, 4) is 22.3 Å². The fraction of sp³-hybridized carbons (Fsp3) is 0.404. The number of fused-ring (bicyclic) bond motifs is 2. The predicted octanol–water partition coefficient (Wildman–Crippen LogP) is 17.2. The molecule has 0 spiro atoms. The third-order valence-corrected chi connectivity index (χ3v) is 10.7. The molecule has 0 nitrogen and oxygen atoms in total. The summed E-state index contributed by atoms with van der Waals surface area (Å²) in [4.78, 5) is 0. The molecule has 0 bridgehead atoms. The number of aryl methyl sites for hydroxylation is 6. The van der Waals surface area contributed by atoms with Gasteiger partial charge < -0.3 is 6.92 Å². The van der Waals surface area contributed by atoms with Crippen molar-refractivity contribution in [1.29, 1.82) is 0 Å². The van der Waals surface area contributed by atoms with E-state index in [9.17, 15) is 0 Å².